The fourth-order valence-electron chi connectivity index (χ4n) is 2.49. The molecule has 0 fully saturated rings. The number of carbonyl (C=O) groups is 3. The lowest BCUT2D eigenvalue weighted by atomic mass is 10.1. The van der Waals surface area contributed by atoms with Crippen molar-refractivity contribution in [2.75, 3.05) is 19.0 Å². The number of nitrogens with zero attached hydrogens (tertiary/aromatic N) is 1. The highest BCUT2D eigenvalue weighted by Gasteiger charge is 2.21. The lowest BCUT2D eigenvalue weighted by Gasteiger charge is -2.14. The van der Waals surface area contributed by atoms with Crippen LogP contribution in [0.5, 0.6) is 5.75 Å². The number of hydrogen-bond acceptors (Lipinski definition) is 7. The van der Waals surface area contributed by atoms with Crippen molar-refractivity contribution in [1.29, 1.82) is 0 Å². The highest BCUT2D eigenvalue weighted by atomic mass is 16.6. The molecular formula is C20H21N3O7. The molecule has 158 valence electrons. The molecule has 2 N–H and O–H groups in total. The van der Waals surface area contributed by atoms with Gasteiger partial charge in [0.2, 0.25) is 0 Å². The van der Waals surface area contributed by atoms with Crippen molar-refractivity contribution in [2.45, 2.75) is 20.0 Å². The molecule has 0 aliphatic heterocycles. The van der Waals surface area contributed by atoms with Crippen molar-refractivity contribution in [3.05, 3.63) is 63.7 Å². The van der Waals surface area contributed by atoms with Gasteiger partial charge in [0.1, 0.15) is 6.54 Å². The maximum absolute atomic E-state index is 12.2. The Kier molecular flexibility index (Phi) is 7.45. The molecule has 1 atom stereocenters. The minimum atomic E-state index is -1.09. The molecule has 0 heterocycles. The van der Waals surface area contributed by atoms with Gasteiger partial charge in [-0.2, -0.15) is 0 Å². The minimum Gasteiger partial charge on any atom is -0.490 e. The molecule has 0 saturated carbocycles. The van der Waals surface area contributed by atoms with Crippen LogP contribution in [0.1, 0.15) is 22.8 Å². The van der Waals surface area contributed by atoms with Gasteiger partial charge >= 0.3 is 11.7 Å². The molecule has 10 heteroatoms. The highest BCUT2D eigenvalue weighted by molar-refractivity contribution is 5.98. The van der Waals surface area contributed by atoms with Crippen LogP contribution in [-0.4, -0.2) is 42.5 Å². The first-order chi connectivity index (χ1) is 14.2. The van der Waals surface area contributed by atoms with Gasteiger partial charge in [-0.15, -0.1) is 0 Å². The predicted molar refractivity (Wildman–Crippen MR) is 107 cm³/mol. The summed E-state index contributed by atoms with van der Waals surface area (Å²) in [5.41, 5.74) is 1.12. The number of esters is 1. The first kappa shape index (κ1) is 22.3. The van der Waals surface area contributed by atoms with E-state index in [0.29, 0.717) is 5.69 Å². The first-order valence-electron chi connectivity index (χ1n) is 8.89. The van der Waals surface area contributed by atoms with Gasteiger partial charge in [0.25, 0.3) is 11.8 Å². The van der Waals surface area contributed by atoms with Gasteiger partial charge in [-0.25, -0.2) is 0 Å². The number of rotatable bonds is 8. The summed E-state index contributed by atoms with van der Waals surface area (Å²) in [5.74, 6) is -2.07. The fourth-order valence-corrected chi connectivity index (χ4v) is 2.49. The van der Waals surface area contributed by atoms with Gasteiger partial charge in [0, 0.05) is 17.3 Å². The molecule has 0 radical (unpaired) electrons. The van der Waals surface area contributed by atoms with E-state index in [2.05, 4.69) is 10.6 Å². The summed E-state index contributed by atoms with van der Waals surface area (Å²) in [6, 6.07) is 10.8. The monoisotopic (exact) mass is 415 g/mol. The Balaban J connectivity index is 1.89. The number of nitro groups is 1. The van der Waals surface area contributed by atoms with E-state index in [1.165, 1.54) is 26.2 Å². The Bertz CT molecular complexity index is 975. The molecule has 2 amide bonds. The number of amides is 2. The number of hydrogen-bond donors (Lipinski definition) is 2. The van der Waals surface area contributed by atoms with Gasteiger partial charge in [-0.1, -0.05) is 12.1 Å². The maximum atomic E-state index is 12.2. The smallest absolute Gasteiger partial charge is 0.326 e. The largest absolute Gasteiger partial charge is 0.490 e. The number of anilines is 1. The zero-order valence-corrected chi connectivity index (χ0v) is 16.6. The molecule has 30 heavy (non-hydrogen) atoms. The Morgan fingerprint density at radius 2 is 1.90 bits per heavy atom. The summed E-state index contributed by atoms with van der Waals surface area (Å²) in [4.78, 5) is 46.6. The third-order valence-electron chi connectivity index (χ3n) is 3.99. The van der Waals surface area contributed by atoms with Crippen molar-refractivity contribution in [3.63, 3.8) is 0 Å². The highest BCUT2D eigenvalue weighted by Crippen LogP contribution is 2.27. The third-order valence-corrected chi connectivity index (χ3v) is 3.99. The Labute approximate surface area is 172 Å². The second-order valence-corrected chi connectivity index (χ2v) is 6.32. The average molecular weight is 415 g/mol. The number of nitrogens with one attached hydrogen (secondary N) is 2. The van der Waals surface area contributed by atoms with Crippen molar-refractivity contribution < 1.29 is 28.8 Å². The molecule has 2 rings (SSSR count). The summed E-state index contributed by atoms with van der Waals surface area (Å²) in [6.07, 6.45) is -1.09. The SMILES string of the molecule is COc1ccc(C(=O)NCC(=O)O[C@H](C)C(=O)Nc2cccc(C)c2)cc1[N+](=O)[O-]. The molecule has 0 aromatic heterocycles. The Hall–Kier alpha value is -3.95. The molecule has 2 aromatic rings. The predicted octanol–water partition coefficient (Wildman–Crippen LogP) is 2.21. The summed E-state index contributed by atoms with van der Waals surface area (Å²) in [5, 5.41) is 16.0. The Morgan fingerprint density at radius 1 is 1.17 bits per heavy atom. The summed E-state index contributed by atoms with van der Waals surface area (Å²) in [7, 11) is 1.27. The standard InChI is InChI=1S/C20H21N3O7/c1-12-5-4-6-15(9-12)22-19(25)13(2)30-18(24)11-21-20(26)14-7-8-17(29-3)16(10-14)23(27)28/h4-10,13H,11H2,1-3H3,(H,21,26)(H,22,25)/t13-/m1/s1. The Morgan fingerprint density at radius 3 is 2.53 bits per heavy atom. The molecule has 0 saturated heterocycles. The second-order valence-electron chi connectivity index (χ2n) is 6.32. The number of methoxy groups -OCH3 is 1. The van der Waals surface area contributed by atoms with Crippen LogP contribution in [0.25, 0.3) is 0 Å². The van der Waals surface area contributed by atoms with Crippen LogP contribution in [0.3, 0.4) is 0 Å². The first-order valence-corrected chi connectivity index (χ1v) is 8.89. The number of ether oxygens (including phenoxy) is 2. The van der Waals surface area contributed by atoms with E-state index in [-0.39, 0.29) is 17.0 Å². The molecule has 0 unspecified atom stereocenters. The van der Waals surface area contributed by atoms with E-state index in [4.69, 9.17) is 9.47 Å². The molecular weight excluding hydrogens is 394 g/mol. The van der Waals surface area contributed by atoms with E-state index in [9.17, 15) is 24.5 Å². The second kappa shape index (κ2) is 10.0. The number of nitro benzene ring substituents is 1. The lowest BCUT2D eigenvalue weighted by Crippen LogP contribution is -2.35. The quantitative estimate of drug-likeness (QED) is 0.383. The van der Waals surface area contributed by atoms with Crippen LogP contribution in [-0.2, 0) is 14.3 Å². The van der Waals surface area contributed by atoms with Crippen LogP contribution in [0.4, 0.5) is 11.4 Å². The van der Waals surface area contributed by atoms with Crippen molar-refractivity contribution in [1.82, 2.24) is 5.32 Å². The molecule has 0 bridgehead atoms. The number of benzene rings is 2. The fraction of sp³-hybridized carbons (Fsp3) is 0.250. The summed E-state index contributed by atoms with van der Waals surface area (Å²) >= 11 is 0. The lowest BCUT2D eigenvalue weighted by molar-refractivity contribution is -0.385. The molecule has 0 spiro atoms. The van der Waals surface area contributed by atoms with Gasteiger partial charge < -0.3 is 20.1 Å². The van der Waals surface area contributed by atoms with Crippen molar-refractivity contribution >= 4 is 29.2 Å². The third kappa shape index (κ3) is 6.03. The average Bonchev–Trinajstić information content (AvgIpc) is 2.71. The summed E-state index contributed by atoms with van der Waals surface area (Å²) < 4.78 is 9.87. The van der Waals surface area contributed by atoms with E-state index >= 15 is 0 Å². The number of aryl methyl sites for hydroxylation is 1. The molecule has 10 nitrogen and oxygen atoms in total. The number of carbonyl (C=O) groups excluding carboxylic acids is 3. The van der Waals surface area contributed by atoms with E-state index in [1.807, 2.05) is 13.0 Å². The zero-order valence-electron chi connectivity index (χ0n) is 16.6. The van der Waals surface area contributed by atoms with Crippen molar-refractivity contribution in [3.8, 4) is 5.75 Å². The van der Waals surface area contributed by atoms with E-state index in [0.717, 1.165) is 11.6 Å². The molecule has 0 aliphatic carbocycles. The van der Waals surface area contributed by atoms with Crippen LogP contribution < -0.4 is 15.4 Å². The zero-order chi connectivity index (χ0) is 22.3. The van der Waals surface area contributed by atoms with Gasteiger partial charge in [0.05, 0.1) is 12.0 Å². The van der Waals surface area contributed by atoms with E-state index in [1.54, 1.807) is 18.2 Å². The van der Waals surface area contributed by atoms with Crippen LogP contribution in [0.2, 0.25) is 0 Å². The van der Waals surface area contributed by atoms with Crippen molar-refractivity contribution in [2.24, 2.45) is 0 Å². The van der Waals surface area contributed by atoms with Crippen LogP contribution in [0, 0.1) is 17.0 Å². The van der Waals surface area contributed by atoms with Gasteiger partial charge in [0.15, 0.2) is 11.9 Å². The minimum absolute atomic E-state index is 0.00408. The topological polar surface area (TPSA) is 137 Å². The molecule has 2 aromatic carbocycles. The van der Waals surface area contributed by atoms with Gasteiger partial charge in [-0.3, -0.25) is 24.5 Å². The molecule has 0 aliphatic rings. The summed E-state index contributed by atoms with van der Waals surface area (Å²) in [6.45, 7) is 2.76. The van der Waals surface area contributed by atoms with Gasteiger partial charge in [-0.05, 0) is 43.7 Å². The van der Waals surface area contributed by atoms with E-state index < -0.39 is 35.4 Å². The normalized spacial score (nSPS) is 11.2. The maximum Gasteiger partial charge on any atom is 0.326 e. The van der Waals surface area contributed by atoms with Crippen LogP contribution >= 0.6 is 0 Å². The van der Waals surface area contributed by atoms with Crippen LogP contribution in [0.15, 0.2) is 42.5 Å².